The first kappa shape index (κ1) is 15.0. The summed E-state index contributed by atoms with van der Waals surface area (Å²) in [6, 6.07) is 0. The number of ether oxygens (including phenoxy) is 1. The minimum atomic E-state index is -0.0617. The number of aliphatic hydroxyl groups excluding tert-OH is 1. The van der Waals surface area contributed by atoms with Crippen LogP contribution in [0.5, 0.6) is 0 Å². The molecule has 1 saturated carbocycles. The predicted octanol–water partition coefficient (Wildman–Crippen LogP) is 4.06. The van der Waals surface area contributed by atoms with Crippen molar-refractivity contribution in [1.82, 2.24) is 0 Å². The molecule has 1 aliphatic carbocycles. The largest absolute Gasteiger partial charge is 0.393 e. The summed E-state index contributed by atoms with van der Waals surface area (Å²) in [4.78, 5) is 0. The van der Waals surface area contributed by atoms with Crippen LogP contribution in [0.3, 0.4) is 0 Å². The molecule has 0 radical (unpaired) electrons. The van der Waals surface area contributed by atoms with E-state index in [0.717, 1.165) is 32.3 Å². The first-order valence-electron chi connectivity index (χ1n) is 7.62. The van der Waals surface area contributed by atoms with Gasteiger partial charge >= 0.3 is 0 Å². The molecule has 17 heavy (non-hydrogen) atoms. The van der Waals surface area contributed by atoms with Gasteiger partial charge in [0.25, 0.3) is 0 Å². The van der Waals surface area contributed by atoms with Gasteiger partial charge in [0.2, 0.25) is 0 Å². The molecule has 1 N–H and O–H groups in total. The number of unbranched alkanes of at least 4 members (excludes halogenated alkanes) is 6. The van der Waals surface area contributed by atoms with E-state index in [1.807, 2.05) is 0 Å². The van der Waals surface area contributed by atoms with Crippen LogP contribution in [-0.4, -0.2) is 23.9 Å². The third-order valence-electron chi connectivity index (χ3n) is 3.75. The van der Waals surface area contributed by atoms with E-state index < -0.39 is 0 Å². The van der Waals surface area contributed by atoms with Gasteiger partial charge in [0.15, 0.2) is 0 Å². The lowest BCUT2D eigenvalue weighted by atomic mass is 9.95. The van der Waals surface area contributed by atoms with Crippen LogP contribution >= 0.6 is 0 Å². The highest BCUT2D eigenvalue weighted by atomic mass is 16.5. The van der Waals surface area contributed by atoms with Crippen molar-refractivity contribution < 1.29 is 9.84 Å². The smallest absolute Gasteiger partial charge is 0.0577 e. The normalized spacial score (nSPS) is 25.1. The van der Waals surface area contributed by atoms with Gasteiger partial charge in [-0.2, -0.15) is 0 Å². The highest BCUT2D eigenvalue weighted by molar-refractivity contribution is 4.71. The van der Waals surface area contributed by atoms with Crippen LogP contribution in [0.25, 0.3) is 0 Å². The topological polar surface area (TPSA) is 29.5 Å². The first-order chi connectivity index (χ1) is 8.33. The van der Waals surface area contributed by atoms with Crippen molar-refractivity contribution in [3.8, 4) is 0 Å². The van der Waals surface area contributed by atoms with Crippen molar-refractivity contribution >= 4 is 0 Å². The van der Waals surface area contributed by atoms with Crippen LogP contribution in [0.1, 0.15) is 77.6 Å². The maximum atomic E-state index is 9.38. The Morgan fingerprint density at radius 2 is 1.47 bits per heavy atom. The fraction of sp³-hybridized carbons (Fsp3) is 1.00. The first-order valence-corrected chi connectivity index (χ1v) is 7.62. The van der Waals surface area contributed by atoms with Gasteiger partial charge in [0.05, 0.1) is 12.2 Å². The molecule has 0 aromatic rings. The molecule has 1 fully saturated rings. The zero-order valence-electron chi connectivity index (χ0n) is 11.5. The van der Waals surface area contributed by atoms with Gasteiger partial charge < -0.3 is 9.84 Å². The Balaban J connectivity index is 1.81. The maximum absolute atomic E-state index is 9.38. The van der Waals surface area contributed by atoms with Crippen molar-refractivity contribution in [3.63, 3.8) is 0 Å². The van der Waals surface area contributed by atoms with Gasteiger partial charge in [-0.25, -0.2) is 0 Å². The minimum Gasteiger partial charge on any atom is -0.393 e. The molecule has 2 nitrogen and oxygen atoms in total. The summed E-state index contributed by atoms with van der Waals surface area (Å²) in [5.41, 5.74) is 0. The Kier molecular flexibility index (Phi) is 8.72. The van der Waals surface area contributed by atoms with Crippen LogP contribution < -0.4 is 0 Å². The molecule has 1 aliphatic rings. The molecule has 0 amide bonds. The SMILES string of the molecule is CCCCCCCCCOC1CCC(O)CC1. The Morgan fingerprint density at radius 1 is 0.882 bits per heavy atom. The van der Waals surface area contributed by atoms with Crippen LogP contribution in [0.15, 0.2) is 0 Å². The average Bonchev–Trinajstić information content (AvgIpc) is 2.35. The quantitative estimate of drug-likeness (QED) is 0.618. The lowest BCUT2D eigenvalue weighted by molar-refractivity contribution is -0.00447. The Bertz CT molecular complexity index is 162. The highest BCUT2D eigenvalue weighted by Gasteiger charge is 2.19. The summed E-state index contributed by atoms with van der Waals surface area (Å²) in [5.74, 6) is 0. The van der Waals surface area contributed by atoms with Gasteiger partial charge in [0.1, 0.15) is 0 Å². The fourth-order valence-electron chi connectivity index (χ4n) is 2.52. The van der Waals surface area contributed by atoms with Crippen molar-refractivity contribution in [3.05, 3.63) is 0 Å². The second kappa shape index (κ2) is 9.90. The highest BCUT2D eigenvalue weighted by Crippen LogP contribution is 2.21. The molecule has 102 valence electrons. The minimum absolute atomic E-state index is 0.0617. The van der Waals surface area contributed by atoms with E-state index in [-0.39, 0.29) is 6.10 Å². The predicted molar refractivity (Wildman–Crippen MR) is 72.2 cm³/mol. The zero-order valence-corrected chi connectivity index (χ0v) is 11.5. The number of hydrogen-bond acceptors (Lipinski definition) is 2. The lowest BCUT2D eigenvalue weighted by Crippen LogP contribution is -2.24. The van der Waals surface area contributed by atoms with Crippen LogP contribution in [0.4, 0.5) is 0 Å². The van der Waals surface area contributed by atoms with E-state index >= 15 is 0 Å². The summed E-state index contributed by atoms with van der Waals surface area (Å²) in [6.45, 7) is 3.18. The Hall–Kier alpha value is -0.0800. The second-order valence-electron chi connectivity index (χ2n) is 5.42. The molecule has 0 spiro atoms. The lowest BCUT2D eigenvalue weighted by Gasteiger charge is -2.25. The molecule has 0 aromatic heterocycles. The average molecular weight is 242 g/mol. The Labute approximate surface area is 107 Å². The van der Waals surface area contributed by atoms with Gasteiger partial charge in [-0.1, -0.05) is 45.4 Å². The fourth-order valence-corrected chi connectivity index (χ4v) is 2.52. The van der Waals surface area contributed by atoms with Crippen molar-refractivity contribution in [2.24, 2.45) is 0 Å². The van der Waals surface area contributed by atoms with Crippen LogP contribution in [0, 0.1) is 0 Å². The molecule has 0 saturated heterocycles. The Morgan fingerprint density at radius 3 is 2.12 bits per heavy atom. The van der Waals surface area contributed by atoms with Crippen molar-refractivity contribution in [2.75, 3.05) is 6.61 Å². The number of rotatable bonds is 9. The monoisotopic (exact) mass is 242 g/mol. The second-order valence-corrected chi connectivity index (χ2v) is 5.42. The van der Waals surface area contributed by atoms with Crippen LogP contribution in [0.2, 0.25) is 0 Å². The summed E-state index contributed by atoms with van der Waals surface area (Å²) < 4.78 is 5.85. The third-order valence-corrected chi connectivity index (χ3v) is 3.75. The van der Waals surface area contributed by atoms with E-state index in [1.54, 1.807) is 0 Å². The standard InChI is InChI=1S/C15H30O2/c1-2-3-4-5-6-7-8-13-17-15-11-9-14(16)10-12-15/h14-16H,2-13H2,1H3. The molecule has 0 aromatic carbocycles. The molecule has 0 heterocycles. The molecule has 0 unspecified atom stereocenters. The van der Waals surface area contributed by atoms with Gasteiger partial charge in [0, 0.05) is 6.61 Å². The van der Waals surface area contributed by atoms with Crippen molar-refractivity contribution in [2.45, 2.75) is 89.8 Å². The zero-order chi connectivity index (χ0) is 12.3. The van der Waals surface area contributed by atoms with E-state index in [4.69, 9.17) is 4.74 Å². The summed E-state index contributed by atoms with van der Waals surface area (Å²) in [7, 11) is 0. The number of aliphatic hydroxyl groups is 1. The summed E-state index contributed by atoms with van der Waals surface area (Å²) in [5, 5.41) is 9.38. The van der Waals surface area contributed by atoms with E-state index in [9.17, 15) is 5.11 Å². The van der Waals surface area contributed by atoms with E-state index in [0.29, 0.717) is 6.10 Å². The summed E-state index contributed by atoms with van der Waals surface area (Å²) in [6.07, 6.45) is 13.8. The molecular weight excluding hydrogens is 212 g/mol. The summed E-state index contributed by atoms with van der Waals surface area (Å²) >= 11 is 0. The molecule has 0 bridgehead atoms. The molecule has 1 rings (SSSR count). The molecule has 0 aliphatic heterocycles. The maximum Gasteiger partial charge on any atom is 0.0577 e. The molecule has 2 heteroatoms. The van der Waals surface area contributed by atoms with Gasteiger partial charge in [-0.3, -0.25) is 0 Å². The third kappa shape index (κ3) is 7.77. The van der Waals surface area contributed by atoms with Gasteiger partial charge in [-0.05, 0) is 32.1 Å². The van der Waals surface area contributed by atoms with Crippen molar-refractivity contribution in [1.29, 1.82) is 0 Å². The van der Waals surface area contributed by atoms with E-state index in [2.05, 4.69) is 6.92 Å². The molecule has 0 atom stereocenters. The van der Waals surface area contributed by atoms with E-state index in [1.165, 1.54) is 44.9 Å². The number of hydrogen-bond donors (Lipinski definition) is 1. The van der Waals surface area contributed by atoms with Crippen LogP contribution in [-0.2, 0) is 4.74 Å². The van der Waals surface area contributed by atoms with Gasteiger partial charge in [-0.15, -0.1) is 0 Å². The molecular formula is C15H30O2.